The number of hydrogen-bond acceptors (Lipinski definition) is 4. The molecule has 6 nitrogen and oxygen atoms in total. The Hall–Kier alpha value is -1.50. The lowest BCUT2D eigenvalue weighted by Crippen LogP contribution is -2.41. The molecule has 0 radical (unpaired) electrons. The van der Waals surface area contributed by atoms with Gasteiger partial charge in [0, 0.05) is 11.6 Å². The number of amides is 3. The normalized spacial score (nSPS) is 9.95. The molecule has 0 fully saturated rings. The summed E-state index contributed by atoms with van der Waals surface area (Å²) in [4.78, 5) is 23.3. The minimum absolute atomic E-state index is 0.118. The van der Waals surface area contributed by atoms with Gasteiger partial charge in [0.1, 0.15) is 5.75 Å². The zero-order valence-electron chi connectivity index (χ0n) is 10.6. The number of hydrogen-bond donors (Lipinski definition) is 2. The van der Waals surface area contributed by atoms with Gasteiger partial charge in [-0.25, -0.2) is 4.79 Å². The van der Waals surface area contributed by atoms with E-state index in [2.05, 4.69) is 5.32 Å². The van der Waals surface area contributed by atoms with Gasteiger partial charge in [-0.3, -0.25) is 9.69 Å². The number of benzene rings is 1. The van der Waals surface area contributed by atoms with Crippen LogP contribution in [0.1, 0.15) is 6.42 Å². The first kappa shape index (κ1) is 16.6. The molecule has 20 heavy (non-hydrogen) atoms. The summed E-state index contributed by atoms with van der Waals surface area (Å²) in [5, 5.41) is 3.26. The first-order valence-electron chi connectivity index (χ1n) is 5.86. The molecule has 0 aliphatic carbocycles. The van der Waals surface area contributed by atoms with E-state index >= 15 is 0 Å². The van der Waals surface area contributed by atoms with E-state index in [9.17, 15) is 9.59 Å². The van der Waals surface area contributed by atoms with Crippen molar-refractivity contribution in [1.82, 2.24) is 10.2 Å². The van der Waals surface area contributed by atoms with Crippen LogP contribution in [0.3, 0.4) is 0 Å². The average Bonchev–Trinajstić information content (AvgIpc) is 2.42. The predicted molar refractivity (Wildman–Crippen MR) is 76.9 cm³/mol. The van der Waals surface area contributed by atoms with Crippen LogP contribution < -0.4 is 15.8 Å². The highest BCUT2D eigenvalue weighted by Crippen LogP contribution is 2.27. The van der Waals surface area contributed by atoms with Gasteiger partial charge in [-0.2, -0.15) is 0 Å². The lowest BCUT2D eigenvalue weighted by Gasteiger charge is -2.16. The average molecular weight is 320 g/mol. The monoisotopic (exact) mass is 319 g/mol. The third-order valence-corrected chi connectivity index (χ3v) is 2.87. The minimum atomic E-state index is -0.557. The van der Waals surface area contributed by atoms with E-state index in [-0.39, 0.29) is 13.3 Å². The standard InChI is InChI=1S/C12H15Cl2N3O3/c13-9-2-3-11(10(14)6-9)20-7-16-12(19)17(8-18)5-1-4-15/h2-3,6,8H,1,4-5,7,15H2,(H,16,19). The van der Waals surface area contributed by atoms with Crippen LogP contribution in [0.2, 0.25) is 10.0 Å². The molecule has 1 aromatic rings. The molecule has 0 heterocycles. The smallest absolute Gasteiger partial charge is 0.326 e. The molecule has 1 rings (SSSR count). The van der Waals surface area contributed by atoms with E-state index < -0.39 is 6.03 Å². The lowest BCUT2D eigenvalue weighted by molar-refractivity contribution is -0.115. The van der Waals surface area contributed by atoms with Gasteiger partial charge in [0.05, 0.1) is 5.02 Å². The SMILES string of the molecule is NCCCN(C=O)C(=O)NCOc1ccc(Cl)cc1Cl. The summed E-state index contributed by atoms with van der Waals surface area (Å²) in [6, 6.07) is 4.17. The van der Waals surface area contributed by atoms with Crippen LogP contribution in [-0.4, -0.2) is 37.2 Å². The van der Waals surface area contributed by atoms with Gasteiger partial charge in [-0.05, 0) is 31.2 Å². The molecule has 1 aromatic carbocycles. The Morgan fingerprint density at radius 2 is 2.20 bits per heavy atom. The molecule has 110 valence electrons. The van der Waals surface area contributed by atoms with Crippen molar-refractivity contribution in [2.24, 2.45) is 5.73 Å². The molecule has 0 unspecified atom stereocenters. The number of halogens is 2. The molecule has 0 spiro atoms. The summed E-state index contributed by atoms with van der Waals surface area (Å²) < 4.78 is 5.27. The van der Waals surface area contributed by atoms with Gasteiger partial charge in [0.2, 0.25) is 6.41 Å². The van der Waals surface area contributed by atoms with E-state index in [4.69, 9.17) is 33.7 Å². The number of urea groups is 1. The number of nitrogens with zero attached hydrogens (tertiary/aromatic N) is 1. The number of ether oxygens (including phenoxy) is 1. The number of rotatable bonds is 7. The Morgan fingerprint density at radius 3 is 2.80 bits per heavy atom. The molecule has 3 N–H and O–H groups in total. The van der Waals surface area contributed by atoms with Crippen LogP contribution in [0.25, 0.3) is 0 Å². The fourth-order valence-corrected chi connectivity index (χ4v) is 1.80. The van der Waals surface area contributed by atoms with Crippen molar-refractivity contribution < 1.29 is 14.3 Å². The van der Waals surface area contributed by atoms with E-state index in [0.29, 0.717) is 35.2 Å². The summed E-state index contributed by atoms with van der Waals surface area (Å²) in [5.74, 6) is 0.385. The van der Waals surface area contributed by atoms with Crippen LogP contribution >= 0.6 is 23.2 Å². The van der Waals surface area contributed by atoms with Gasteiger partial charge in [-0.1, -0.05) is 23.2 Å². The van der Waals surface area contributed by atoms with Crippen molar-refractivity contribution in [2.75, 3.05) is 19.8 Å². The summed E-state index contributed by atoms with van der Waals surface area (Å²) >= 11 is 11.6. The van der Waals surface area contributed by atoms with Gasteiger partial charge in [-0.15, -0.1) is 0 Å². The van der Waals surface area contributed by atoms with Gasteiger partial charge < -0.3 is 15.8 Å². The topological polar surface area (TPSA) is 84.7 Å². The molecule has 0 aromatic heterocycles. The summed E-state index contributed by atoms with van der Waals surface area (Å²) in [5.41, 5.74) is 5.31. The van der Waals surface area contributed by atoms with Crippen molar-refractivity contribution in [3.63, 3.8) is 0 Å². The van der Waals surface area contributed by atoms with Gasteiger partial charge >= 0.3 is 6.03 Å². The van der Waals surface area contributed by atoms with Crippen molar-refractivity contribution >= 4 is 35.6 Å². The third-order valence-electron chi connectivity index (χ3n) is 2.34. The number of carbonyl (C=O) groups is 2. The molecule has 8 heteroatoms. The van der Waals surface area contributed by atoms with Gasteiger partial charge in [0.15, 0.2) is 6.73 Å². The van der Waals surface area contributed by atoms with E-state index in [1.165, 1.54) is 6.07 Å². The quantitative estimate of drug-likeness (QED) is 0.593. The fraction of sp³-hybridized carbons (Fsp3) is 0.333. The van der Waals surface area contributed by atoms with Gasteiger partial charge in [0.25, 0.3) is 0 Å². The van der Waals surface area contributed by atoms with Crippen LogP contribution in [0, 0.1) is 0 Å². The first-order chi connectivity index (χ1) is 9.58. The Morgan fingerprint density at radius 1 is 1.45 bits per heavy atom. The van der Waals surface area contributed by atoms with Crippen molar-refractivity contribution in [3.8, 4) is 5.75 Å². The predicted octanol–water partition coefficient (Wildman–Crippen LogP) is 1.85. The zero-order chi connectivity index (χ0) is 15.0. The molecular formula is C12H15Cl2N3O3. The number of imide groups is 1. The zero-order valence-corrected chi connectivity index (χ0v) is 12.2. The summed E-state index contributed by atoms with van der Waals surface area (Å²) in [7, 11) is 0. The molecule has 0 aliphatic heterocycles. The molecule has 0 saturated carbocycles. The van der Waals surface area contributed by atoms with E-state index in [0.717, 1.165) is 4.90 Å². The fourth-order valence-electron chi connectivity index (χ4n) is 1.33. The molecule has 3 amide bonds. The van der Waals surface area contributed by atoms with Crippen molar-refractivity contribution in [1.29, 1.82) is 0 Å². The maximum atomic E-state index is 11.6. The molecule has 0 atom stereocenters. The highest BCUT2D eigenvalue weighted by Gasteiger charge is 2.11. The number of nitrogens with one attached hydrogen (secondary N) is 1. The van der Waals surface area contributed by atoms with Crippen LogP contribution in [0.15, 0.2) is 18.2 Å². The molecular weight excluding hydrogens is 305 g/mol. The van der Waals surface area contributed by atoms with E-state index in [1.807, 2.05) is 0 Å². The highest BCUT2D eigenvalue weighted by atomic mass is 35.5. The second-order valence-corrected chi connectivity index (χ2v) is 4.63. The largest absolute Gasteiger partial charge is 0.472 e. The highest BCUT2D eigenvalue weighted by molar-refractivity contribution is 6.35. The molecule has 0 aliphatic rings. The van der Waals surface area contributed by atoms with E-state index in [1.54, 1.807) is 12.1 Å². The minimum Gasteiger partial charge on any atom is -0.472 e. The third kappa shape index (κ3) is 5.24. The second-order valence-electron chi connectivity index (χ2n) is 3.79. The van der Waals surface area contributed by atoms with Crippen molar-refractivity contribution in [3.05, 3.63) is 28.2 Å². The van der Waals surface area contributed by atoms with Crippen LogP contribution in [-0.2, 0) is 4.79 Å². The van der Waals surface area contributed by atoms with Crippen LogP contribution in [0.4, 0.5) is 4.79 Å². The maximum absolute atomic E-state index is 11.6. The second kappa shape index (κ2) is 8.63. The number of nitrogens with two attached hydrogens (primary N) is 1. The summed E-state index contributed by atoms with van der Waals surface area (Å²) in [6.45, 7) is 0.537. The Labute approximate surface area is 126 Å². The number of carbonyl (C=O) groups excluding carboxylic acids is 2. The molecule has 0 bridgehead atoms. The Bertz CT molecular complexity index is 471. The Kier molecular flexibility index (Phi) is 7.14. The van der Waals surface area contributed by atoms with Crippen LogP contribution in [0.5, 0.6) is 5.75 Å². The first-order valence-corrected chi connectivity index (χ1v) is 6.61. The van der Waals surface area contributed by atoms with Crippen molar-refractivity contribution in [2.45, 2.75) is 6.42 Å². The summed E-state index contributed by atoms with van der Waals surface area (Å²) in [6.07, 6.45) is 0.982. The maximum Gasteiger partial charge on any atom is 0.326 e. The Balaban J connectivity index is 2.42. The molecule has 0 saturated heterocycles. The lowest BCUT2D eigenvalue weighted by atomic mass is 10.3.